The van der Waals surface area contributed by atoms with Gasteiger partial charge in [0.25, 0.3) is 0 Å². The predicted octanol–water partition coefficient (Wildman–Crippen LogP) is 2.65. The molecule has 0 spiro atoms. The Morgan fingerprint density at radius 1 is 1.33 bits per heavy atom. The molecule has 0 radical (unpaired) electrons. The molecule has 0 heterocycles. The van der Waals surface area contributed by atoms with Gasteiger partial charge in [0.2, 0.25) is 0 Å². The highest BCUT2D eigenvalue weighted by atomic mass is 35.5. The molecule has 0 saturated heterocycles. The zero-order valence-electron chi connectivity index (χ0n) is 11.7. The van der Waals surface area contributed by atoms with E-state index in [4.69, 9.17) is 28.9 Å². The van der Waals surface area contributed by atoms with Crippen LogP contribution in [-0.2, 0) is 14.3 Å². The van der Waals surface area contributed by atoms with Gasteiger partial charge in [0.1, 0.15) is 6.04 Å². The van der Waals surface area contributed by atoms with Crippen molar-refractivity contribution in [2.24, 2.45) is 5.73 Å². The fraction of sp³-hybridized carbons (Fsp3) is 0.429. The molecule has 21 heavy (non-hydrogen) atoms. The van der Waals surface area contributed by atoms with E-state index in [9.17, 15) is 9.59 Å². The average molecular weight is 333 g/mol. The number of esters is 1. The van der Waals surface area contributed by atoms with Gasteiger partial charge in [-0.2, -0.15) is 0 Å². The van der Waals surface area contributed by atoms with E-state index in [1.54, 1.807) is 18.2 Å². The Morgan fingerprint density at radius 3 is 2.67 bits per heavy atom. The molecule has 0 unspecified atom stereocenters. The second-order valence-electron chi connectivity index (χ2n) is 4.54. The van der Waals surface area contributed by atoms with Crippen LogP contribution in [0.15, 0.2) is 18.2 Å². The van der Waals surface area contributed by atoms with Crippen LogP contribution in [0.1, 0.15) is 19.3 Å². The van der Waals surface area contributed by atoms with Gasteiger partial charge >= 0.3 is 5.97 Å². The van der Waals surface area contributed by atoms with Crippen molar-refractivity contribution < 1.29 is 14.3 Å². The van der Waals surface area contributed by atoms with Crippen molar-refractivity contribution >= 4 is 40.6 Å². The number of Topliss-reactive ketones (excluding diaryl/α,β-unsaturated/α-hetero) is 1. The van der Waals surface area contributed by atoms with E-state index in [1.807, 2.05) is 0 Å². The number of ketones is 1. The van der Waals surface area contributed by atoms with Crippen LogP contribution in [0.2, 0.25) is 10.0 Å². The SMILES string of the molecule is COC(=O)[C@@H](N)CCCC(=O)CNc1ccc(Cl)c(Cl)c1. The Balaban J connectivity index is 2.28. The largest absolute Gasteiger partial charge is 0.468 e. The Bertz CT molecular complexity index is 509. The Hall–Kier alpha value is -1.30. The van der Waals surface area contributed by atoms with Gasteiger partial charge in [0.15, 0.2) is 5.78 Å². The first kappa shape index (κ1) is 17.8. The number of hydrogen-bond acceptors (Lipinski definition) is 5. The molecule has 1 aromatic carbocycles. The summed E-state index contributed by atoms with van der Waals surface area (Å²) in [5, 5.41) is 3.86. The predicted molar refractivity (Wildman–Crippen MR) is 83.8 cm³/mol. The van der Waals surface area contributed by atoms with Gasteiger partial charge in [-0.15, -0.1) is 0 Å². The van der Waals surface area contributed by atoms with Gasteiger partial charge in [0, 0.05) is 12.1 Å². The van der Waals surface area contributed by atoms with Crippen LogP contribution in [0.5, 0.6) is 0 Å². The van der Waals surface area contributed by atoms with Crippen molar-refractivity contribution in [2.75, 3.05) is 19.0 Å². The van der Waals surface area contributed by atoms with Crippen LogP contribution in [0.4, 0.5) is 5.69 Å². The van der Waals surface area contributed by atoms with Gasteiger partial charge in [0.05, 0.1) is 23.7 Å². The van der Waals surface area contributed by atoms with Gasteiger partial charge in [-0.25, -0.2) is 0 Å². The lowest BCUT2D eigenvalue weighted by molar-refractivity contribution is -0.142. The zero-order valence-corrected chi connectivity index (χ0v) is 13.2. The minimum absolute atomic E-state index is 0.0261. The quantitative estimate of drug-likeness (QED) is 0.715. The average Bonchev–Trinajstić information content (AvgIpc) is 2.47. The van der Waals surface area contributed by atoms with Crippen LogP contribution in [0.25, 0.3) is 0 Å². The maximum absolute atomic E-state index is 11.7. The molecule has 116 valence electrons. The number of nitrogens with one attached hydrogen (secondary N) is 1. The third kappa shape index (κ3) is 6.33. The number of halogens is 2. The molecule has 0 aromatic heterocycles. The summed E-state index contributed by atoms with van der Waals surface area (Å²) in [4.78, 5) is 22.8. The molecule has 0 aliphatic rings. The Labute approximate surface area is 133 Å². The molecular weight excluding hydrogens is 315 g/mol. The molecule has 0 aliphatic carbocycles. The van der Waals surface area contributed by atoms with Crippen LogP contribution >= 0.6 is 23.2 Å². The number of hydrogen-bond donors (Lipinski definition) is 2. The molecule has 1 rings (SSSR count). The maximum atomic E-state index is 11.7. The molecule has 0 bridgehead atoms. The van der Waals surface area contributed by atoms with Gasteiger partial charge < -0.3 is 15.8 Å². The number of methoxy groups -OCH3 is 1. The first-order valence-electron chi connectivity index (χ1n) is 6.48. The molecule has 0 saturated carbocycles. The Kier molecular flexibility index (Phi) is 7.50. The number of nitrogens with two attached hydrogens (primary N) is 1. The standard InChI is InChI=1S/C14H18Cl2N2O3/c1-21-14(20)13(17)4-2-3-10(19)8-18-9-5-6-11(15)12(16)7-9/h5-7,13,18H,2-4,8,17H2,1H3/t13-/m0/s1. The van der Waals surface area contributed by atoms with E-state index in [-0.39, 0.29) is 12.3 Å². The van der Waals surface area contributed by atoms with E-state index in [0.717, 1.165) is 5.69 Å². The summed E-state index contributed by atoms with van der Waals surface area (Å²) in [6.45, 7) is 0.186. The van der Waals surface area contributed by atoms with Gasteiger partial charge in [-0.05, 0) is 31.0 Å². The van der Waals surface area contributed by atoms with E-state index in [0.29, 0.717) is 29.3 Å². The number of anilines is 1. The topological polar surface area (TPSA) is 81.4 Å². The van der Waals surface area contributed by atoms with Gasteiger partial charge in [-0.3, -0.25) is 9.59 Å². The van der Waals surface area contributed by atoms with Crippen LogP contribution in [-0.4, -0.2) is 31.4 Å². The molecular formula is C14H18Cl2N2O3. The smallest absolute Gasteiger partial charge is 0.322 e. The summed E-state index contributed by atoms with van der Waals surface area (Å²) in [5.74, 6) is -0.436. The maximum Gasteiger partial charge on any atom is 0.322 e. The van der Waals surface area contributed by atoms with Crippen LogP contribution in [0, 0.1) is 0 Å². The molecule has 0 amide bonds. The van der Waals surface area contributed by atoms with E-state index in [1.165, 1.54) is 7.11 Å². The highest BCUT2D eigenvalue weighted by Gasteiger charge is 2.13. The molecule has 1 atom stereocenters. The molecule has 7 heteroatoms. The molecule has 3 N–H and O–H groups in total. The molecule has 0 aliphatic heterocycles. The molecule has 5 nitrogen and oxygen atoms in total. The normalized spacial score (nSPS) is 11.8. The van der Waals surface area contributed by atoms with Crippen molar-refractivity contribution in [1.29, 1.82) is 0 Å². The lowest BCUT2D eigenvalue weighted by Crippen LogP contribution is -2.31. The number of benzene rings is 1. The Morgan fingerprint density at radius 2 is 2.05 bits per heavy atom. The first-order valence-corrected chi connectivity index (χ1v) is 7.23. The first-order chi connectivity index (χ1) is 9.93. The molecule has 0 fully saturated rings. The van der Waals surface area contributed by atoms with Gasteiger partial charge in [-0.1, -0.05) is 23.2 Å². The van der Waals surface area contributed by atoms with Crippen molar-refractivity contribution in [1.82, 2.24) is 0 Å². The lowest BCUT2D eigenvalue weighted by Gasteiger charge is -2.09. The number of carbonyl (C=O) groups is 2. The number of carbonyl (C=O) groups excluding carboxylic acids is 2. The van der Waals surface area contributed by atoms with Crippen molar-refractivity contribution in [3.63, 3.8) is 0 Å². The zero-order chi connectivity index (χ0) is 15.8. The number of rotatable bonds is 8. The summed E-state index contributed by atoms with van der Waals surface area (Å²) < 4.78 is 4.51. The second-order valence-corrected chi connectivity index (χ2v) is 5.36. The van der Waals surface area contributed by atoms with Crippen LogP contribution in [0.3, 0.4) is 0 Å². The summed E-state index contributed by atoms with van der Waals surface area (Å²) in [6, 6.07) is 4.39. The fourth-order valence-electron chi connectivity index (χ4n) is 1.68. The van der Waals surface area contributed by atoms with Crippen molar-refractivity contribution in [2.45, 2.75) is 25.3 Å². The van der Waals surface area contributed by atoms with E-state index < -0.39 is 12.0 Å². The summed E-state index contributed by atoms with van der Waals surface area (Å²) in [5.41, 5.74) is 6.31. The fourth-order valence-corrected chi connectivity index (χ4v) is 1.98. The summed E-state index contributed by atoms with van der Waals surface area (Å²) in [6.07, 6.45) is 1.31. The third-order valence-electron chi connectivity index (χ3n) is 2.88. The highest BCUT2D eigenvalue weighted by molar-refractivity contribution is 6.42. The van der Waals surface area contributed by atoms with Crippen molar-refractivity contribution in [3.05, 3.63) is 28.2 Å². The van der Waals surface area contributed by atoms with E-state index in [2.05, 4.69) is 10.1 Å². The highest BCUT2D eigenvalue weighted by Crippen LogP contribution is 2.24. The third-order valence-corrected chi connectivity index (χ3v) is 3.62. The minimum Gasteiger partial charge on any atom is -0.468 e. The molecule has 1 aromatic rings. The van der Waals surface area contributed by atoms with E-state index >= 15 is 0 Å². The summed E-state index contributed by atoms with van der Waals surface area (Å²) >= 11 is 11.7. The van der Waals surface area contributed by atoms with Crippen molar-refractivity contribution in [3.8, 4) is 0 Å². The second kappa shape index (κ2) is 8.87. The lowest BCUT2D eigenvalue weighted by atomic mass is 10.1. The summed E-state index contributed by atoms with van der Waals surface area (Å²) in [7, 11) is 1.29. The number of ether oxygens (including phenoxy) is 1. The monoisotopic (exact) mass is 332 g/mol. The van der Waals surface area contributed by atoms with Crippen LogP contribution < -0.4 is 11.1 Å². The minimum atomic E-state index is -0.675.